The van der Waals surface area contributed by atoms with E-state index in [1.165, 1.54) is 25.6 Å². The number of benzene rings is 1. The lowest BCUT2D eigenvalue weighted by molar-refractivity contribution is 0.0600. The van der Waals surface area contributed by atoms with Gasteiger partial charge in [0.1, 0.15) is 5.82 Å². The van der Waals surface area contributed by atoms with Crippen molar-refractivity contribution in [3.8, 4) is 11.1 Å². The van der Waals surface area contributed by atoms with Crippen molar-refractivity contribution in [1.29, 1.82) is 0 Å². The first-order valence-corrected chi connectivity index (χ1v) is 6.13. The van der Waals surface area contributed by atoms with Crippen molar-refractivity contribution in [2.75, 3.05) is 7.11 Å². The molecule has 0 radical (unpaired) electrons. The smallest absolute Gasteiger partial charge is 0.339 e. The van der Waals surface area contributed by atoms with Crippen molar-refractivity contribution in [3.63, 3.8) is 0 Å². The molecule has 0 N–H and O–H groups in total. The molecule has 2 rings (SSSR count). The predicted molar refractivity (Wildman–Crippen MR) is 70.9 cm³/mol. The Morgan fingerprint density at radius 3 is 2.67 bits per heavy atom. The van der Waals surface area contributed by atoms with Crippen LogP contribution >= 0.6 is 11.6 Å². The molecule has 0 saturated carbocycles. The number of alkyl halides is 2. The first-order valence-electron chi connectivity index (χ1n) is 5.75. The molecule has 1 aromatic heterocycles. The molecule has 0 aliphatic heterocycles. The van der Waals surface area contributed by atoms with Gasteiger partial charge in [-0.15, -0.1) is 0 Å². The fraction of sp³-hybridized carbons (Fsp3) is 0.143. The lowest BCUT2D eigenvalue weighted by Gasteiger charge is -2.12. The van der Waals surface area contributed by atoms with Crippen LogP contribution in [0.2, 0.25) is 5.02 Å². The fourth-order valence-electron chi connectivity index (χ4n) is 1.85. The highest BCUT2D eigenvalue weighted by Crippen LogP contribution is 2.36. The van der Waals surface area contributed by atoms with Crippen LogP contribution in [0.3, 0.4) is 0 Å². The van der Waals surface area contributed by atoms with Crippen molar-refractivity contribution < 1.29 is 22.7 Å². The highest BCUT2D eigenvalue weighted by Gasteiger charge is 2.21. The standard InChI is InChI=1S/C14H9ClF3NO2/c1-21-14(20)8-4-7(5-19-6-8)11-9(13(17)18)2-3-10(15)12(11)16/h2-6,13H,1H3. The Hall–Kier alpha value is -2.08. The lowest BCUT2D eigenvalue weighted by Crippen LogP contribution is -2.03. The summed E-state index contributed by atoms with van der Waals surface area (Å²) in [4.78, 5) is 15.2. The molecule has 0 atom stereocenters. The number of esters is 1. The number of nitrogens with zero attached hydrogens (tertiary/aromatic N) is 1. The minimum Gasteiger partial charge on any atom is -0.465 e. The van der Waals surface area contributed by atoms with Crippen molar-refractivity contribution in [2.24, 2.45) is 0 Å². The number of pyridine rings is 1. The number of hydrogen-bond acceptors (Lipinski definition) is 3. The predicted octanol–water partition coefficient (Wildman–Crippen LogP) is 4.27. The fourth-order valence-corrected chi connectivity index (χ4v) is 2.00. The van der Waals surface area contributed by atoms with E-state index in [0.29, 0.717) is 0 Å². The summed E-state index contributed by atoms with van der Waals surface area (Å²) in [6, 6.07) is 3.31. The molecule has 1 aromatic carbocycles. The molecule has 0 aliphatic carbocycles. The Balaban J connectivity index is 2.66. The van der Waals surface area contributed by atoms with Crippen molar-refractivity contribution in [2.45, 2.75) is 6.43 Å². The SMILES string of the molecule is COC(=O)c1cncc(-c2c(C(F)F)ccc(Cl)c2F)c1. The van der Waals surface area contributed by atoms with Gasteiger partial charge in [-0.05, 0) is 12.1 Å². The van der Waals surface area contributed by atoms with Crippen LogP contribution in [0.5, 0.6) is 0 Å². The molecule has 21 heavy (non-hydrogen) atoms. The minimum atomic E-state index is -2.89. The summed E-state index contributed by atoms with van der Waals surface area (Å²) in [5.74, 6) is -1.69. The van der Waals surface area contributed by atoms with Crippen LogP contribution in [0.4, 0.5) is 13.2 Å². The maximum atomic E-state index is 14.1. The van der Waals surface area contributed by atoms with Crippen LogP contribution in [0.25, 0.3) is 11.1 Å². The van der Waals surface area contributed by atoms with Gasteiger partial charge in [0.15, 0.2) is 0 Å². The van der Waals surface area contributed by atoms with Crippen molar-refractivity contribution in [1.82, 2.24) is 4.98 Å². The summed E-state index contributed by atoms with van der Waals surface area (Å²) in [6.45, 7) is 0. The third-order valence-corrected chi connectivity index (χ3v) is 3.10. The third kappa shape index (κ3) is 3.00. The maximum absolute atomic E-state index is 14.1. The first-order chi connectivity index (χ1) is 9.95. The second-order valence-electron chi connectivity index (χ2n) is 4.08. The molecule has 0 fully saturated rings. The number of carbonyl (C=O) groups is 1. The van der Waals surface area contributed by atoms with E-state index < -0.39 is 23.8 Å². The van der Waals surface area contributed by atoms with E-state index in [1.54, 1.807) is 0 Å². The zero-order valence-corrected chi connectivity index (χ0v) is 11.5. The minimum absolute atomic E-state index is 0.0215. The number of rotatable bonds is 3. The number of halogens is 4. The Morgan fingerprint density at radius 1 is 1.33 bits per heavy atom. The monoisotopic (exact) mass is 315 g/mol. The number of aromatic nitrogens is 1. The number of ether oxygens (including phenoxy) is 1. The number of carbonyl (C=O) groups excluding carboxylic acids is 1. The van der Waals surface area contributed by atoms with Gasteiger partial charge in [0.2, 0.25) is 0 Å². The maximum Gasteiger partial charge on any atom is 0.339 e. The quantitative estimate of drug-likeness (QED) is 0.794. The second-order valence-corrected chi connectivity index (χ2v) is 4.49. The first kappa shape index (κ1) is 15.3. The summed E-state index contributed by atoms with van der Waals surface area (Å²) in [6.07, 6.45) is -0.527. The molecule has 2 aromatic rings. The van der Waals surface area contributed by atoms with Gasteiger partial charge in [-0.1, -0.05) is 17.7 Å². The molecular formula is C14H9ClF3NO2. The Labute approximate surface area is 123 Å². The van der Waals surface area contributed by atoms with Crippen LogP contribution < -0.4 is 0 Å². The van der Waals surface area contributed by atoms with Gasteiger partial charge in [0.25, 0.3) is 6.43 Å². The topological polar surface area (TPSA) is 39.2 Å². The molecule has 0 bridgehead atoms. The molecule has 110 valence electrons. The summed E-state index contributed by atoms with van der Waals surface area (Å²) in [7, 11) is 1.17. The zero-order valence-electron chi connectivity index (χ0n) is 10.7. The van der Waals surface area contributed by atoms with Gasteiger partial charge in [-0.25, -0.2) is 18.0 Å². The van der Waals surface area contributed by atoms with E-state index in [9.17, 15) is 18.0 Å². The van der Waals surface area contributed by atoms with E-state index in [4.69, 9.17) is 11.6 Å². The molecule has 0 saturated heterocycles. The van der Waals surface area contributed by atoms with Gasteiger partial charge < -0.3 is 4.74 Å². The summed E-state index contributed by atoms with van der Waals surface area (Å²) >= 11 is 5.64. The lowest BCUT2D eigenvalue weighted by atomic mass is 9.99. The largest absolute Gasteiger partial charge is 0.465 e. The van der Waals surface area contributed by atoms with Crippen LogP contribution in [0, 0.1) is 5.82 Å². The third-order valence-electron chi connectivity index (χ3n) is 2.81. The second kappa shape index (κ2) is 6.13. The van der Waals surface area contributed by atoms with Gasteiger partial charge in [0, 0.05) is 29.1 Å². The van der Waals surface area contributed by atoms with E-state index in [1.807, 2.05) is 0 Å². The molecule has 3 nitrogen and oxygen atoms in total. The average molecular weight is 316 g/mol. The van der Waals surface area contributed by atoms with Crippen LogP contribution in [0.15, 0.2) is 30.6 Å². The van der Waals surface area contributed by atoms with Gasteiger partial charge in [-0.2, -0.15) is 0 Å². The molecule has 0 aliphatic rings. The Kier molecular flexibility index (Phi) is 4.47. The van der Waals surface area contributed by atoms with Gasteiger partial charge in [0.05, 0.1) is 17.7 Å². The summed E-state index contributed by atoms with van der Waals surface area (Å²) in [5, 5.41) is -0.294. The molecule has 0 unspecified atom stereocenters. The molecule has 0 spiro atoms. The molecule has 1 heterocycles. The van der Waals surface area contributed by atoms with Gasteiger partial charge >= 0.3 is 5.97 Å². The average Bonchev–Trinajstić information content (AvgIpc) is 2.48. The molecular weight excluding hydrogens is 307 g/mol. The summed E-state index contributed by atoms with van der Waals surface area (Å²) < 4.78 is 44.7. The van der Waals surface area contributed by atoms with E-state index in [0.717, 1.165) is 12.1 Å². The summed E-state index contributed by atoms with van der Waals surface area (Å²) in [5.41, 5.74) is -0.862. The Bertz CT molecular complexity index is 692. The van der Waals surface area contributed by atoms with Crippen LogP contribution in [0.1, 0.15) is 22.3 Å². The van der Waals surface area contributed by atoms with Crippen molar-refractivity contribution >= 4 is 17.6 Å². The molecule has 0 amide bonds. The van der Waals surface area contributed by atoms with E-state index in [2.05, 4.69) is 9.72 Å². The van der Waals surface area contributed by atoms with Crippen LogP contribution in [-0.4, -0.2) is 18.1 Å². The molecule has 7 heteroatoms. The normalized spacial score (nSPS) is 10.8. The van der Waals surface area contributed by atoms with Crippen LogP contribution in [-0.2, 0) is 4.74 Å². The highest BCUT2D eigenvalue weighted by molar-refractivity contribution is 6.31. The van der Waals surface area contributed by atoms with Crippen molar-refractivity contribution in [3.05, 3.63) is 52.6 Å². The van der Waals surface area contributed by atoms with Gasteiger partial charge in [-0.3, -0.25) is 4.98 Å². The number of hydrogen-bond donors (Lipinski definition) is 0. The number of methoxy groups -OCH3 is 1. The van der Waals surface area contributed by atoms with E-state index >= 15 is 0 Å². The highest BCUT2D eigenvalue weighted by atomic mass is 35.5. The van der Waals surface area contributed by atoms with E-state index in [-0.39, 0.29) is 21.7 Å². The zero-order chi connectivity index (χ0) is 15.6. The Morgan fingerprint density at radius 2 is 2.05 bits per heavy atom.